The Morgan fingerprint density at radius 3 is 0.800 bits per heavy atom. The third-order valence-corrected chi connectivity index (χ3v) is 0. The Labute approximate surface area is 121 Å². The van der Waals surface area contributed by atoms with Gasteiger partial charge in [0.05, 0.1) is 0 Å². The molecule has 0 fully saturated rings. The van der Waals surface area contributed by atoms with Gasteiger partial charge in [-0.1, -0.05) is 0 Å². The summed E-state index contributed by atoms with van der Waals surface area (Å²) in [6.45, 7) is 0. The van der Waals surface area contributed by atoms with Gasteiger partial charge in [0.1, 0.15) is 0 Å². The van der Waals surface area contributed by atoms with Gasteiger partial charge >= 0.3 is 0 Å². The van der Waals surface area contributed by atoms with Gasteiger partial charge in [-0.15, -0.1) is 0 Å². The Balaban J connectivity index is 0. The number of hydrogen-bond acceptors (Lipinski definition) is 0. The molecule has 0 amide bonds. The predicted molar refractivity (Wildman–Crippen MR) is 9.94 cm³/mol. The third-order valence-electron chi connectivity index (χ3n) is 0. The first-order valence-electron chi connectivity index (χ1n) is 0. The molecular formula is H3AlMoNb2Nd. The molecule has 0 saturated carbocycles. The molecule has 0 atom stereocenters. The summed E-state index contributed by atoms with van der Waals surface area (Å²) < 4.78 is 0. The molecule has 0 aliphatic carbocycles. The van der Waals surface area contributed by atoms with Crippen LogP contribution in [0.15, 0.2) is 0 Å². The van der Waals surface area contributed by atoms with Crippen molar-refractivity contribution in [2.75, 3.05) is 0 Å². The van der Waals surface area contributed by atoms with Crippen LogP contribution in [-0.2, 0) is 65.8 Å². The fraction of sp³-hybridized carbons (Fsp3) is 0. The van der Waals surface area contributed by atoms with Crippen molar-refractivity contribution >= 4 is 17.4 Å². The van der Waals surface area contributed by atoms with Gasteiger partial charge in [0.15, 0.2) is 17.4 Å². The van der Waals surface area contributed by atoms with Gasteiger partial charge in [-0.05, 0) is 0 Å². The zero-order valence-electron chi connectivity index (χ0n) is 1.80. The second-order valence-electron chi connectivity index (χ2n) is 0. The summed E-state index contributed by atoms with van der Waals surface area (Å²) >= 11 is 0. The molecule has 0 spiro atoms. The maximum atomic E-state index is 0. The van der Waals surface area contributed by atoms with Crippen molar-refractivity contribution in [3.05, 3.63) is 0 Å². The van der Waals surface area contributed by atoms with Crippen molar-refractivity contribution in [1.29, 1.82) is 0 Å². The van der Waals surface area contributed by atoms with Gasteiger partial charge in [0.25, 0.3) is 0 Å². The molecule has 0 bridgehead atoms. The summed E-state index contributed by atoms with van der Waals surface area (Å²) in [7, 11) is 0. The van der Waals surface area contributed by atoms with Crippen LogP contribution in [0.3, 0.4) is 0 Å². The molecule has 0 aliphatic rings. The normalized spacial score (nSPS) is 0. The van der Waals surface area contributed by atoms with E-state index in [4.69, 9.17) is 0 Å². The smallest absolute Gasteiger partial charge is 0 e. The SMILES string of the molecule is [AlH3].[Mo].[Nb].[Nb].[Nd]. The molecular weight excluding hydrogens is 453 g/mol. The topological polar surface area (TPSA) is 0 Å². The molecule has 0 unspecified atom stereocenters. The van der Waals surface area contributed by atoms with Crippen LogP contribution >= 0.6 is 0 Å². The maximum absolute atomic E-state index is 0. The molecule has 0 aliphatic heterocycles. The predicted octanol–water partition coefficient (Wildman–Crippen LogP) is -1.19. The van der Waals surface area contributed by atoms with E-state index in [9.17, 15) is 0 Å². The van der Waals surface area contributed by atoms with E-state index >= 15 is 0 Å². The molecule has 0 aromatic heterocycles. The van der Waals surface area contributed by atoms with Gasteiger partial charge in [-0.2, -0.15) is 0 Å². The Morgan fingerprint density at radius 2 is 0.800 bits per heavy atom. The van der Waals surface area contributed by atoms with Crippen LogP contribution in [0.25, 0.3) is 0 Å². The monoisotopic (exact) mass is 456 g/mol. The Bertz CT molecular complexity index is 9.61. The van der Waals surface area contributed by atoms with Gasteiger partial charge in [-0.25, -0.2) is 0 Å². The second kappa shape index (κ2) is 24.4. The second-order valence-corrected chi connectivity index (χ2v) is 0. The minimum absolute atomic E-state index is 0. The molecule has 0 aromatic rings. The first-order chi connectivity index (χ1) is 0. The van der Waals surface area contributed by atoms with Gasteiger partial charge in [0, 0.05) is 107 Å². The van der Waals surface area contributed by atoms with Crippen LogP contribution in [0, 0.1) is 40.8 Å². The summed E-state index contributed by atoms with van der Waals surface area (Å²) in [4.78, 5) is 0. The van der Waals surface area contributed by atoms with Crippen LogP contribution in [0.1, 0.15) is 0 Å². The van der Waals surface area contributed by atoms with E-state index in [1.54, 1.807) is 0 Å². The fourth-order valence-corrected chi connectivity index (χ4v) is 0. The standard InChI is InChI=1S/Al.Mo.2Nb.Nd.3H. The summed E-state index contributed by atoms with van der Waals surface area (Å²) in [6, 6.07) is 0. The zero-order chi connectivity index (χ0) is 0. The summed E-state index contributed by atoms with van der Waals surface area (Å²) in [5, 5.41) is 0. The van der Waals surface area contributed by atoms with Crippen molar-refractivity contribution in [3.63, 3.8) is 0 Å². The maximum Gasteiger partial charge on any atom is 0.187 e. The molecule has 0 N–H and O–H groups in total. The van der Waals surface area contributed by atoms with Crippen LogP contribution in [0.4, 0.5) is 0 Å². The van der Waals surface area contributed by atoms with Crippen molar-refractivity contribution in [3.8, 4) is 0 Å². The van der Waals surface area contributed by atoms with Gasteiger partial charge in [-0.3, -0.25) is 0 Å². The van der Waals surface area contributed by atoms with E-state index in [2.05, 4.69) is 0 Å². The minimum Gasteiger partial charge on any atom is 0 e. The minimum atomic E-state index is 0. The van der Waals surface area contributed by atoms with E-state index in [1.807, 2.05) is 0 Å². The molecule has 0 heterocycles. The zero-order valence-corrected chi connectivity index (χ0v) is 11.4. The van der Waals surface area contributed by atoms with E-state index in [0.29, 0.717) is 0 Å². The molecule has 0 rings (SSSR count). The van der Waals surface area contributed by atoms with E-state index in [1.165, 1.54) is 0 Å². The summed E-state index contributed by atoms with van der Waals surface area (Å²) in [6.07, 6.45) is 0. The fourth-order valence-electron chi connectivity index (χ4n) is 0. The molecule has 5 heavy (non-hydrogen) atoms. The first kappa shape index (κ1) is 35.7. The summed E-state index contributed by atoms with van der Waals surface area (Å²) in [5.41, 5.74) is 0. The van der Waals surface area contributed by atoms with Gasteiger partial charge in [0.2, 0.25) is 0 Å². The number of hydrogen-bond donors (Lipinski definition) is 0. The molecule has 26 valence electrons. The van der Waals surface area contributed by atoms with E-state index in [0.717, 1.165) is 0 Å². The van der Waals surface area contributed by atoms with Crippen LogP contribution in [-0.4, -0.2) is 17.4 Å². The number of rotatable bonds is 0. The first-order valence-corrected chi connectivity index (χ1v) is 0. The van der Waals surface area contributed by atoms with E-state index < -0.39 is 0 Å². The molecule has 0 aromatic carbocycles. The Hall–Kier alpha value is 4.05. The van der Waals surface area contributed by atoms with Crippen molar-refractivity contribution in [2.24, 2.45) is 0 Å². The summed E-state index contributed by atoms with van der Waals surface area (Å²) in [5.74, 6) is 0. The molecule has 5 heteroatoms. The van der Waals surface area contributed by atoms with Crippen LogP contribution < -0.4 is 0 Å². The third kappa shape index (κ3) is 18.0. The molecule has 2 radical (unpaired) electrons. The van der Waals surface area contributed by atoms with Crippen molar-refractivity contribution in [2.45, 2.75) is 0 Å². The average molecular weight is 456 g/mol. The van der Waals surface area contributed by atoms with Gasteiger partial charge < -0.3 is 0 Å². The Kier molecular flexibility index (Phi) is 174. The van der Waals surface area contributed by atoms with Crippen molar-refractivity contribution < 1.29 is 107 Å². The molecule has 0 nitrogen and oxygen atoms in total. The molecule has 0 saturated heterocycles. The average Bonchev–Trinajstić information content (AvgIpc) is 0. The van der Waals surface area contributed by atoms with Crippen LogP contribution in [0.5, 0.6) is 0 Å². The Morgan fingerprint density at radius 1 is 0.800 bits per heavy atom. The van der Waals surface area contributed by atoms with Crippen molar-refractivity contribution in [1.82, 2.24) is 0 Å². The van der Waals surface area contributed by atoms with Crippen LogP contribution in [0.2, 0.25) is 0 Å². The largest absolute Gasteiger partial charge is 0.187 e. The van der Waals surface area contributed by atoms with E-state index in [-0.39, 0.29) is 124 Å². The quantitative estimate of drug-likeness (QED) is 0.403.